The fourth-order valence-corrected chi connectivity index (χ4v) is 2.15. The third-order valence-corrected chi connectivity index (χ3v) is 3.42. The summed E-state index contributed by atoms with van der Waals surface area (Å²) in [7, 11) is 1.57. The lowest BCUT2D eigenvalue weighted by Gasteiger charge is -2.08. The molecule has 0 aromatic heterocycles. The molecule has 0 unspecified atom stereocenters. The van der Waals surface area contributed by atoms with E-state index in [9.17, 15) is 9.59 Å². The van der Waals surface area contributed by atoms with E-state index in [0.29, 0.717) is 36.6 Å². The van der Waals surface area contributed by atoms with Gasteiger partial charge in [-0.3, -0.25) is 9.59 Å². The second-order valence-corrected chi connectivity index (χ2v) is 5.24. The zero-order valence-corrected chi connectivity index (χ0v) is 14.4. The van der Waals surface area contributed by atoms with Crippen LogP contribution in [0.25, 0.3) is 0 Å². The molecular formula is C19H22N2O4. The van der Waals surface area contributed by atoms with Crippen LogP contribution in [0.15, 0.2) is 48.5 Å². The van der Waals surface area contributed by atoms with E-state index in [1.54, 1.807) is 55.6 Å². The van der Waals surface area contributed by atoms with Crippen molar-refractivity contribution in [1.29, 1.82) is 0 Å². The third kappa shape index (κ3) is 5.61. The highest BCUT2D eigenvalue weighted by molar-refractivity contribution is 6.05. The zero-order valence-electron chi connectivity index (χ0n) is 14.4. The lowest BCUT2D eigenvalue weighted by atomic mass is 10.1. The molecule has 6 heteroatoms. The van der Waals surface area contributed by atoms with E-state index in [1.807, 2.05) is 6.92 Å². The van der Waals surface area contributed by atoms with Crippen LogP contribution >= 0.6 is 0 Å². The molecule has 2 aromatic carbocycles. The van der Waals surface area contributed by atoms with E-state index in [4.69, 9.17) is 9.47 Å². The summed E-state index contributed by atoms with van der Waals surface area (Å²) in [5.74, 6) is 0.315. The molecule has 0 aliphatic heterocycles. The first-order chi connectivity index (χ1) is 12.1. The number of carbonyl (C=O) groups excluding carboxylic acids is 2. The van der Waals surface area contributed by atoms with Crippen LogP contribution in [-0.4, -0.2) is 38.7 Å². The summed E-state index contributed by atoms with van der Waals surface area (Å²) in [6, 6.07) is 13.6. The average Bonchev–Trinajstić information content (AvgIpc) is 2.64. The van der Waals surface area contributed by atoms with Gasteiger partial charge in [-0.25, -0.2) is 0 Å². The Morgan fingerprint density at radius 1 is 0.920 bits per heavy atom. The van der Waals surface area contributed by atoms with Gasteiger partial charge in [0.2, 0.25) is 0 Å². The molecule has 0 radical (unpaired) electrons. The van der Waals surface area contributed by atoms with Crippen molar-refractivity contribution in [3.05, 3.63) is 59.7 Å². The number of nitrogens with one attached hydrogen (secondary N) is 2. The van der Waals surface area contributed by atoms with Gasteiger partial charge in [0.25, 0.3) is 11.8 Å². The Balaban J connectivity index is 1.94. The third-order valence-electron chi connectivity index (χ3n) is 3.42. The lowest BCUT2D eigenvalue weighted by molar-refractivity contribution is 0.0935. The average molecular weight is 342 g/mol. The maximum atomic E-state index is 12.3. The van der Waals surface area contributed by atoms with Crippen LogP contribution in [0.1, 0.15) is 27.6 Å². The number of carbonyl (C=O) groups is 2. The highest BCUT2D eigenvalue weighted by Crippen LogP contribution is 2.16. The fraction of sp³-hybridized carbons (Fsp3) is 0.263. The Bertz CT molecular complexity index is 696. The van der Waals surface area contributed by atoms with Crippen LogP contribution in [0.5, 0.6) is 5.75 Å². The normalized spacial score (nSPS) is 10.2. The first kappa shape index (κ1) is 18.5. The van der Waals surface area contributed by atoms with Gasteiger partial charge in [0.05, 0.1) is 13.2 Å². The van der Waals surface area contributed by atoms with Gasteiger partial charge in [-0.15, -0.1) is 0 Å². The number of hydrogen-bond donors (Lipinski definition) is 2. The summed E-state index contributed by atoms with van der Waals surface area (Å²) >= 11 is 0. The van der Waals surface area contributed by atoms with E-state index in [-0.39, 0.29) is 11.8 Å². The van der Waals surface area contributed by atoms with Crippen molar-refractivity contribution in [2.45, 2.75) is 6.92 Å². The SMILES string of the molecule is CCOc1ccc(NC(=O)c2ccc(C(=O)NCCOC)cc2)cc1. The summed E-state index contributed by atoms with van der Waals surface area (Å²) in [4.78, 5) is 24.2. The number of methoxy groups -OCH3 is 1. The van der Waals surface area contributed by atoms with Gasteiger partial charge in [0.1, 0.15) is 5.75 Å². The van der Waals surface area contributed by atoms with Crippen LogP contribution in [0.4, 0.5) is 5.69 Å². The molecule has 0 heterocycles. The number of benzene rings is 2. The zero-order chi connectivity index (χ0) is 18.1. The van der Waals surface area contributed by atoms with Gasteiger partial charge in [-0.2, -0.15) is 0 Å². The first-order valence-electron chi connectivity index (χ1n) is 8.05. The van der Waals surface area contributed by atoms with Crippen LogP contribution in [0, 0.1) is 0 Å². The minimum absolute atomic E-state index is 0.199. The van der Waals surface area contributed by atoms with Crippen molar-refractivity contribution in [1.82, 2.24) is 5.32 Å². The van der Waals surface area contributed by atoms with Crippen molar-refractivity contribution >= 4 is 17.5 Å². The molecule has 0 aliphatic carbocycles. The minimum Gasteiger partial charge on any atom is -0.494 e. The van der Waals surface area contributed by atoms with Crippen molar-refractivity contribution in [3.63, 3.8) is 0 Å². The lowest BCUT2D eigenvalue weighted by Crippen LogP contribution is -2.26. The molecule has 25 heavy (non-hydrogen) atoms. The molecule has 2 amide bonds. The molecule has 0 spiro atoms. The van der Waals surface area contributed by atoms with E-state index in [2.05, 4.69) is 10.6 Å². The molecular weight excluding hydrogens is 320 g/mol. The molecule has 6 nitrogen and oxygen atoms in total. The molecule has 2 N–H and O–H groups in total. The topological polar surface area (TPSA) is 76.7 Å². The van der Waals surface area contributed by atoms with Gasteiger partial charge in [0, 0.05) is 30.5 Å². The maximum absolute atomic E-state index is 12.3. The van der Waals surface area contributed by atoms with E-state index in [1.165, 1.54) is 0 Å². The quantitative estimate of drug-likeness (QED) is 0.723. The second-order valence-electron chi connectivity index (χ2n) is 5.24. The second kappa shape index (κ2) is 9.44. The molecule has 0 saturated carbocycles. The Morgan fingerprint density at radius 3 is 2.08 bits per heavy atom. The number of amides is 2. The predicted octanol–water partition coefficient (Wildman–Crippen LogP) is 2.71. The smallest absolute Gasteiger partial charge is 0.255 e. The summed E-state index contributed by atoms with van der Waals surface area (Å²) in [5.41, 5.74) is 1.64. The van der Waals surface area contributed by atoms with Gasteiger partial charge in [-0.05, 0) is 55.5 Å². The van der Waals surface area contributed by atoms with Crippen molar-refractivity contribution < 1.29 is 19.1 Å². The van der Waals surface area contributed by atoms with Crippen LogP contribution in [-0.2, 0) is 4.74 Å². The molecule has 0 fully saturated rings. The van der Waals surface area contributed by atoms with Gasteiger partial charge < -0.3 is 20.1 Å². The van der Waals surface area contributed by atoms with Crippen molar-refractivity contribution in [3.8, 4) is 5.75 Å². The Kier molecular flexibility index (Phi) is 6.98. The Hall–Kier alpha value is -2.86. The highest BCUT2D eigenvalue weighted by Gasteiger charge is 2.09. The van der Waals surface area contributed by atoms with Gasteiger partial charge in [0.15, 0.2) is 0 Å². The predicted molar refractivity (Wildman–Crippen MR) is 96.2 cm³/mol. The summed E-state index contributed by atoms with van der Waals surface area (Å²) in [6.07, 6.45) is 0. The number of anilines is 1. The van der Waals surface area contributed by atoms with E-state index >= 15 is 0 Å². The molecule has 2 aromatic rings. The molecule has 0 aliphatic rings. The summed E-state index contributed by atoms with van der Waals surface area (Å²) in [6.45, 7) is 3.40. The highest BCUT2D eigenvalue weighted by atomic mass is 16.5. The number of ether oxygens (including phenoxy) is 2. The van der Waals surface area contributed by atoms with Gasteiger partial charge >= 0.3 is 0 Å². The Morgan fingerprint density at radius 2 is 1.52 bits per heavy atom. The number of rotatable bonds is 8. The maximum Gasteiger partial charge on any atom is 0.255 e. The van der Waals surface area contributed by atoms with Crippen LogP contribution in [0.3, 0.4) is 0 Å². The largest absolute Gasteiger partial charge is 0.494 e. The van der Waals surface area contributed by atoms with Gasteiger partial charge in [-0.1, -0.05) is 0 Å². The van der Waals surface area contributed by atoms with E-state index < -0.39 is 0 Å². The van der Waals surface area contributed by atoms with Crippen LogP contribution < -0.4 is 15.4 Å². The van der Waals surface area contributed by atoms with Crippen LogP contribution in [0.2, 0.25) is 0 Å². The first-order valence-corrected chi connectivity index (χ1v) is 8.05. The number of hydrogen-bond acceptors (Lipinski definition) is 4. The van der Waals surface area contributed by atoms with Crippen molar-refractivity contribution in [2.24, 2.45) is 0 Å². The van der Waals surface area contributed by atoms with E-state index in [0.717, 1.165) is 5.75 Å². The molecule has 0 bridgehead atoms. The molecule has 0 atom stereocenters. The minimum atomic E-state index is -0.240. The van der Waals surface area contributed by atoms with Crippen molar-refractivity contribution in [2.75, 3.05) is 32.2 Å². The summed E-state index contributed by atoms with van der Waals surface area (Å²) < 4.78 is 10.2. The monoisotopic (exact) mass is 342 g/mol. The standard InChI is InChI=1S/C19H22N2O4/c1-3-25-17-10-8-16(9-11-17)21-19(23)15-6-4-14(5-7-15)18(22)20-12-13-24-2/h4-11H,3,12-13H2,1-2H3,(H,20,22)(H,21,23). The molecule has 132 valence electrons. The summed E-state index contributed by atoms with van der Waals surface area (Å²) in [5, 5.41) is 5.53. The Labute approximate surface area is 147 Å². The molecule has 2 rings (SSSR count). The molecule has 0 saturated heterocycles. The fourth-order valence-electron chi connectivity index (χ4n) is 2.15.